The second-order valence-corrected chi connectivity index (χ2v) is 3.69. The molecule has 0 spiro atoms. The molecule has 6 nitrogen and oxygen atoms in total. The predicted molar refractivity (Wildman–Crippen MR) is 64.6 cm³/mol. The number of amides is 1. The molecule has 0 aliphatic heterocycles. The Morgan fingerprint density at radius 2 is 1.78 bits per heavy atom. The quantitative estimate of drug-likeness (QED) is 0.409. The molecule has 0 bridgehead atoms. The summed E-state index contributed by atoms with van der Waals surface area (Å²) in [6, 6.07) is 0. The third kappa shape index (κ3) is 9.38. The standard InChI is InChI=1S/C12H19NO5/c1-4-10(14)13-7-8-17-11(15)5-6-12(16)18-9(2)3/h5-6,9H,4,7-8H2,1-3H3,(H,13,14)/b6-5+. The second-order valence-electron chi connectivity index (χ2n) is 3.69. The van der Waals surface area contributed by atoms with E-state index in [1.807, 2.05) is 0 Å². The number of hydrogen-bond donors (Lipinski definition) is 1. The molecule has 1 amide bonds. The van der Waals surface area contributed by atoms with Crippen molar-refractivity contribution in [3.63, 3.8) is 0 Å². The van der Waals surface area contributed by atoms with E-state index in [2.05, 4.69) is 5.32 Å². The summed E-state index contributed by atoms with van der Waals surface area (Å²) in [5.74, 6) is -1.36. The highest BCUT2D eigenvalue weighted by molar-refractivity contribution is 5.91. The van der Waals surface area contributed by atoms with Gasteiger partial charge in [0.2, 0.25) is 5.91 Å². The highest BCUT2D eigenvalue weighted by Crippen LogP contribution is 1.91. The first-order valence-corrected chi connectivity index (χ1v) is 5.77. The molecular weight excluding hydrogens is 238 g/mol. The number of nitrogens with one attached hydrogen (secondary N) is 1. The van der Waals surface area contributed by atoms with Gasteiger partial charge < -0.3 is 14.8 Å². The minimum atomic E-state index is -0.651. The highest BCUT2D eigenvalue weighted by atomic mass is 16.5. The molecule has 0 unspecified atom stereocenters. The summed E-state index contributed by atoms with van der Waals surface area (Å²) in [5.41, 5.74) is 0. The molecule has 0 aromatic rings. The van der Waals surface area contributed by atoms with Crippen molar-refractivity contribution >= 4 is 17.8 Å². The van der Waals surface area contributed by atoms with Crippen LogP contribution in [0.5, 0.6) is 0 Å². The minimum Gasteiger partial charge on any atom is -0.461 e. The van der Waals surface area contributed by atoms with Crippen LogP contribution in [0.15, 0.2) is 12.2 Å². The van der Waals surface area contributed by atoms with Gasteiger partial charge in [-0.15, -0.1) is 0 Å². The first-order valence-electron chi connectivity index (χ1n) is 5.77. The monoisotopic (exact) mass is 257 g/mol. The second kappa shape index (κ2) is 9.21. The van der Waals surface area contributed by atoms with Gasteiger partial charge >= 0.3 is 11.9 Å². The molecule has 0 saturated heterocycles. The fourth-order valence-corrected chi connectivity index (χ4v) is 0.923. The van der Waals surface area contributed by atoms with Crippen molar-refractivity contribution in [3.8, 4) is 0 Å². The molecule has 1 N–H and O–H groups in total. The molecule has 0 heterocycles. The number of esters is 2. The van der Waals surface area contributed by atoms with Crippen LogP contribution in [0.25, 0.3) is 0 Å². The van der Waals surface area contributed by atoms with Crippen LogP contribution in [0.4, 0.5) is 0 Å². The summed E-state index contributed by atoms with van der Waals surface area (Å²) < 4.78 is 9.53. The zero-order valence-electron chi connectivity index (χ0n) is 10.9. The van der Waals surface area contributed by atoms with Crippen molar-refractivity contribution in [1.82, 2.24) is 5.32 Å². The maximum absolute atomic E-state index is 11.1. The summed E-state index contributed by atoms with van der Waals surface area (Å²) >= 11 is 0. The topological polar surface area (TPSA) is 81.7 Å². The van der Waals surface area contributed by atoms with E-state index in [0.29, 0.717) is 6.42 Å². The third-order valence-corrected chi connectivity index (χ3v) is 1.70. The Labute approximate surface area is 106 Å². The summed E-state index contributed by atoms with van der Waals surface area (Å²) in [4.78, 5) is 33.0. The Balaban J connectivity index is 3.74. The average molecular weight is 257 g/mol. The summed E-state index contributed by atoms with van der Waals surface area (Å²) in [7, 11) is 0. The number of carbonyl (C=O) groups is 3. The lowest BCUT2D eigenvalue weighted by molar-refractivity contribution is -0.142. The molecule has 0 aromatic heterocycles. The van der Waals surface area contributed by atoms with Gasteiger partial charge in [0.05, 0.1) is 12.6 Å². The van der Waals surface area contributed by atoms with Crippen molar-refractivity contribution in [3.05, 3.63) is 12.2 Å². The number of ether oxygens (including phenoxy) is 2. The SMILES string of the molecule is CCC(=O)NCCOC(=O)/C=C/C(=O)OC(C)C. The van der Waals surface area contributed by atoms with Crippen LogP contribution in [0, 0.1) is 0 Å². The van der Waals surface area contributed by atoms with Gasteiger partial charge in [0.1, 0.15) is 6.61 Å². The van der Waals surface area contributed by atoms with Gasteiger partial charge in [-0.25, -0.2) is 9.59 Å². The Bertz CT molecular complexity index is 322. The smallest absolute Gasteiger partial charge is 0.331 e. The summed E-state index contributed by atoms with van der Waals surface area (Å²) in [5, 5.41) is 2.55. The molecule has 18 heavy (non-hydrogen) atoms. The van der Waals surface area contributed by atoms with Crippen molar-refractivity contribution in [1.29, 1.82) is 0 Å². The molecule has 0 aromatic carbocycles. The minimum absolute atomic E-state index is 0.0636. The first kappa shape index (κ1) is 16.1. The number of carbonyl (C=O) groups excluding carboxylic acids is 3. The molecule has 0 fully saturated rings. The van der Waals surface area contributed by atoms with E-state index in [1.165, 1.54) is 0 Å². The number of rotatable bonds is 7. The van der Waals surface area contributed by atoms with Crippen molar-refractivity contribution < 1.29 is 23.9 Å². The van der Waals surface area contributed by atoms with E-state index in [1.54, 1.807) is 20.8 Å². The predicted octanol–water partition coefficient (Wildman–Crippen LogP) is 0.564. The molecule has 0 radical (unpaired) electrons. The van der Waals surface area contributed by atoms with E-state index >= 15 is 0 Å². The van der Waals surface area contributed by atoms with Gasteiger partial charge in [-0.1, -0.05) is 6.92 Å². The van der Waals surface area contributed by atoms with Gasteiger partial charge in [-0.05, 0) is 13.8 Å². The van der Waals surface area contributed by atoms with Crippen molar-refractivity contribution in [2.75, 3.05) is 13.2 Å². The fourth-order valence-electron chi connectivity index (χ4n) is 0.923. The van der Waals surface area contributed by atoms with E-state index in [-0.39, 0.29) is 25.2 Å². The van der Waals surface area contributed by atoms with Gasteiger partial charge in [0.25, 0.3) is 0 Å². The van der Waals surface area contributed by atoms with Crippen LogP contribution in [-0.2, 0) is 23.9 Å². The lowest BCUT2D eigenvalue weighted by Crippen LogP contribution is -2.26. The zero-order chi connectivity index (χ0) is 14.0. The molecule has 102 valence electrons. The normalized spacial score (nSPS) is 10.4. The molecule has 0 rings (SSSR count). The van der Waals surface area contributed by atoms with Gasteiger partial charge in [0.15, 0.2) is 0 Å². The van der Waals surface area contributed by atoms with Crippen LogP contribution < -0.4 is 5.32 Å². The van der Waals surface area contributed by atoms with E-state index in [4.69, 9.17) is 9.47 Å². The Morgan fingerprint density at radius 3 is 2.33 bits per heavy atom. The Hall–Kier alpha value is -1.85. The van der Waals surface area contributed by atoms with Gasteiger partial charge in [-0.3, -0.25) is 4.79 Å². The Morgan fingerprint density at radius 1 is 1.17 bits per heavy atom. The number of hydrogen-bond acceptors (Lipinski definition) is 5. The lowest BCUT2D eigenvalue weighted by Gasteiger charge is -2.04. The highest BCUT2D eigenvalue weighted by Gasteiger charge is 2.03. The molecule has 0 saturated carbocycles. The van der Waals surface area contributed by atoms with Crippen LogP contribution >= 0.6 is 0 Å². The lowest BCUT2D eigenvalue weighted by atomic mass is 10.4. The molecular formula is C12H19NO5. The maximum Gasteiger partial charge on any atom is 0.331 e. The van der Waals surface area contributed by atoms with Crippen LogP contribution in [-0.4, -0.2) is 37.1 Å². The molecule has 0 atom stereocenters. The van der Waals surface area contributed by atoms with Crippen molar-refractivity contribution in [2.24, 2.45) is 0 Å². The average Bonchev–Trinajstić information content (AvgIpc) is 2.30. The van der Waals surface area contributed by atoms with Crippen molar-refractivity contribution in [2.45, 2.75) is 33.3 Å². The largest absolute Gasteiger partial charge is 0.461 e. The molecule has 0 aliphatic rings. The van der Waals surface area contributed by atoms with E-state index in [0.717, 1.165) is 12.2 Å². The molecule has 0 aliphatic carbocycles. The van der Waals surface area contributed by atoms with Crippen LogP contribution in [0.3, 0.4) is 0 Å². The zero-order valence-corrected chi connectivity index (χ0v) is 10.9. The summed E-state index contributed by atoms with van der Waals surface area (Å²) in [6.07, 6.45) is 2.15. The van der Waals surface area contributed by atoms with E-state index < -0.39 is 11.9 Å². The van der Waals surface area contributed by atoms with E-state index in [9.17, 15) is 14.4 Å². The van der Waals surface area contributed by atoms with Gasteiger partial charge in [0, 0.05) is 18.6 Å². The Kier molecular flexibility index (Phi) is 8.26. The van der Waals surface area contributed by atoms with Crippen LogP contribution in [0.1, 0.15) is 27.2 Å². The fraction of sp³-hybridized carbons (Fsp3) is 0.583. The summed E-state index contributed by atoms with van der Waals surface area (Å²) in [6.45, 7) is 5.46. The first-order chi connectivity index (χ1) is 8.45. The van der Waals surface area contributed by atoms with Crippen LogP contribution in [0.2, 0.25) is 0 Å². The van der Waals surface area contributed by atoms with Gasteiger partial charge in [-0.2, -0.15) is 0 Å². The maximum atomic E-state index is 11.1. The third-order valence-electron chi connectivity index (χ3n) is 1.70. The molecule has 6 heteroatoms.